The topological polar surface area (TPSA) is 55.1 Å². The molecule has 0 spiro atoms. The number of hydrogen-bond donors (Lipinski definition) is 1. The van der Waals surface area contributed by atoms with Gasteiger partial charge in [-0.1, -0.05) is 49.6 Å². The van der Waals surface area contributed by atoms with Crippen molar-refractivity contribution in [1.29, 1.82) is 0 Å². The molecule has 3 aromatic rings. The van der Waals surface area contributed by atoms with E-state index in [0.29, 0.717) is 29.5 Å². The first-order valence-corrected chi connectivity index (χ1v) is 9.02. The summed E-state index contributed by atoms with van der Waals surface area (Å²) in [6.45, 7) is 0. The number of oxazole rings is 1. The molecule has 4 rings (SSSR count). The molecule has 128 valence electrons. The van der Waals surface area contributed by atoms with Crippen LogP contribution in [0.4, 0.5) is 0 Å². The molecule has 25 heavy (non-hydrogen) atoms. The fraction of sp³-hybridized carbons (Fsp3) is 0.333. The predicted octanol–water partition coefficient (Wildman–Crippen LogP) is 4.48. The van der Waals surface area contributed by atoms with Gasteiger partial charge in [-0.3, -0.25) is 4.79 Å². The van der Waals surface area contributed by atoms with Crippen molar-refractivity contribution in [1.82, 2.24) is 10.3 Å². The summed E-state index contributed by atoms with van der Waals surface area (Å²) in [5, 5.41) is 3.15. The number of aromatic nitrogens is 1. The molecule has 1 fully saturated rings. The molecule has 4 heteroatoms. The van der Waals surface area contributed by atoms with Crippen LogP contribution in [0.1, 0.15) is 53.9 Å². The lowest BCUT2D eigenvalue weighted by Crippen LogP contribution is -2.36. The summed E-state index contributed by atoms with van der Waals surface area (Å²) < 4.78 is 5.86. The third kappa shape index (κ3) is 3.73. The minimum absolute atomic E-state index is 0.0187. The summed E-state index contributed by atoms with van der Waals surface area (Å²) in [6, 6.07) is 15.9. The summed E-state index contributed by atoms with van der Waals surface area (Å²) in [4.78, 5) is 17.0. The van der Waals surface area contributed by atoms with Crippen molar-refractivity contribution < 1.29 is 9.21 Å². The molecule has 1 saturated carbocycles. The maximum atomic E-state index is 12.5. The highest BCUT2D eigenvalue weighted by Crippen LogP contribution is 2.21. The number of benzene rings is 2. The molecule has 0 saturated heterocycles. The van der Waals surface area contributed by atoms with Gasteiger partial charge in [-0.05, 0) is 36.6 Å². The van der Waals surface area contributed by atoms with E-state index in [-0.39, 0.29) is 5.91 Å². The molecule has 1 heterocycles. The Hall–Kier alpha value is -2.62. The summed E-state index contributed by atoms with van der Waals surface area (Å²) in [7, 11) is 0. The van der Waals surface area contributed by atoms with Gasteiger partial charge in [-0.25, -0.2) is 4.98 Å². The lowest BCUT2D eigenvalue weighted by atomic mass is 9.95. The molecular formula is C21H22N2O2. The van der Waals surface area contributed by atoms with Crippen molar-refractivity contribution in [3.8, 4) is 0 Å². The van der Waals surface area contributed by atoms with Gasteiger partial charge in [0.05, 0.1) is 0 Å². The minimum atomic E-state index is -0.0187. The van der Waals surface area contributed by atoms with Crippen LogP contribution in [0.25, 0.3) is 11.1 Å². The number of rotatable bonds is 4. The van der Waals surface area contributed by atoms with Gasteiger partial charge < -0.3 is 9.73 Å². The predicted molar refractivity (Wildman–Crippen MR) is 97.6 cm³/mol. The fourth-order valence-electron chi connectivity index (χ4n) is 3.48. The van der Waals surface area contributed by atoms with Crippen LogP contribution in [0.15, 0.2) is 52.9 Å². The molecule has 1 N–H and O–H groups in total. The highest BCUT2D eigenvalue weighted by molar-refractivity contribution is 5.97. The number of amides is 1. The average Bonchev–Trinajstić information content (AvgIpc) is 3.04. The molecule has 1 aliphatic rings. The smallest absolute Gasteiger partial charge is 0.251 e. The first-order chi connectivity index (χ1) is 12.3. The van der Waals surface area contributed by atoms with Crippen LogP contribution in [0.3, 0.4) is 0 Å². The normalized spacial score (nSPS) is 15.4. The number of fused-ring (bicyclic) bond motifs is 1. The lowest BCUT2D eigenvalue weighted by Gasteiger charge is -2.22. The Labute approximate surface area is 147 Å². The Kier molecular flexibility index (Phi) is 4.51. The largest absolute Gasteiger partial charge is 0.440 e. The number of hydrogen-bond acceptors (Lipinski definition) is 3. The number of carbonyl (C=O) groups is 1. The molecule has 1 aliphatic carbocycles. The zero-order valence-corrected chi connectivity index (χ0v) is 14.2. The van der Waals surface area contributed by atoms with Gasteiger partial charge in [0, 0.05) is 18.0 Å². The van der Waals surface area contributed by atoms with E-state index in [0.717, 1.165) is 23.9 Å². The average molecular weight is 334 g/mol. The Morgan fingerprint density at radius 3 is 2.68 bits per heavy atom. The third-order valence-electron chi connectivity index (χ3n) is 4.83. The molecule has 2 aromatic carbocycles. The Balaban J connectivity index is 1.50. The van der Waals surface area contributed by atoms with Crippen LogP contribution in [0.2, 0.25) is 0 Å². The number of nitrogens with one attached hydrogen (secondary N) is 1. The molecule has 1 aromatic heterocycles. The van der Waals surface area contributed by atoms with Gasteiger partial charge >= 0.3 is 0 Å². The third-order valence-corrected chi connectivity index (χ3v) is 4.83. The van der Waals surface area contributed by atoms with Crippen molar-refractivity contribution in [2.24, 2.45) is 0 Å². The highest BCUT2D eigenvalue weighted by atomic mass is 16.3. The number of nitrogens with zero attached hydrogens (tertiary/aromatic N) is 1. The molecule has 0 radical (unpaired) electrons. The fourth-order valence-corrected chi connectivity index (χ4v) is 3.48. The monoisotopic (exact) mass is 334 g/mol. The maximum absolute atomic E-state index is 12.5. The molecule has 0 unspecified atom stereocenters. The van der Waals surface area contributed by atoms with E-state index in [1.165, 1.54) is 19.3 Å². The second-order valence-corrected chi connectivity index (χ2v) is 6.76. The van der Waals surface area contributed by atoms with Gasteiger partial charge in [0.1, 0.15) is 5.52 Å². The van der Waals surface area contributed by atoms with E-state index in [9.17, 15) is 4.79 Å². The van der Waals surface area contributed by atoms with Gasteiger partial charge in [-0.2, -0.15) is 0 Å². The SMILES string of the molecule is O=C(NC1CCCCC1)c1ccc2nc(Cc3ccccc3)oc2c1. The Morgan fingerprint density at radius 1 is 1.08 bits per heavy atom. The van der Waals surface area contributed by atoms with Crippen molar-refractivity contribution in [3.63, 3.8) is 0 Å². The standard InChI is InChI=1S/C21H22N2O2/c24-21(22-17-9-5-2-6-10-17)16-11-12-18-19(14-16)25-20(23-18)13-15-7-3-1-4-8-15/h1,3-4,7-8,11-12,14,17H,2,5-6,9-10,13H2,(H,22,24). The van der Waals surface area contributed by atoms with Crippen LogP contribution < -0.4 is 5.32 Å². The maximum Gasteiger partial charge on any atom is 0.251 e. The van der Waals surface area contributed by atoms with Gasteiger partial charge in [0.15, 0.2) is 11.5 Å². The molecule has 4 nitrogen and oxygen atoms in total. The van der Waals surface area contributed by atoms with Crippen LogP contribution >= 0.6 is 0 Å². The van der Waals surface area contributed by atoms with Crippen LogP contribution in [-0.4, -0.2) is 16.9 Å². The molecule has 0 bridgehead atoms. The molecule has 0 aliphatic heterocycles. The van der Waals surface area contributed by atoms with E-state index in [1.807, 2.05) is 30.3 Å². The second-order valence-electron chi connectivity index (χ2n) is 6.76. The van der Waals surface area contributed by atoms with E-state index in [2.05, 4.69) is 22.4 Å². The zero-order chi connectivity index (χ0) is 17.1. The number of carbonyl (C=O) groups excluding carboxylic acids is 1. The van der Waals surface area contributed by atoms with Crippen LogP contribution in [0, 0.1) is 0 Å². The van der Waals surface area contributed by atoms with Crippen molar-refractivity contribution in [3.05, 3.63) is 65.5 Å². The van der Waals surface area contributed by atoms with Crippen molar-refractivity contribution in [2.45, 2.75) is 44.6 Å². The van der Waals surface area contributed by atoms with Crippen molar-refractivity contribution in [2.75, 3.05) is 0 Å². The lowest BCUT2D eigenvalue weighted by molar-refractivity contribution is 0.0927. The van der Waals surface area contributed by atoms with Crippen LogP contribution in [-0.2, 0) is 6.42 Å². The van der Waals surface area contributed by atoms with E-state index in [1.54, 1.807) is 6.07 Å². The quantitative estimate of drug-likeness (QED) is 0.765. The molecule has 1 amide bonds. The van der Waals surface area contributed by atoms with E-state index >= 15 is 0 Å². The summed E-state index contributed by atoms with van der Waals surface area (Å²) >= 11 is 0. The Morgan fingerprint density at radius 2 is 1.88 bits per heavy atom. The Bertz CT molecular complexity index is 864. The summed E-state index contributed by atoms with van der Waals surface area (Å²) in [5.41, 5.74) is 3.26. The summed E-state index contributed by atoms with van der Waals surface area (Å²) in [5.74, 6) is 0.654. The summed E-state index contributed by atoms with van der Waals surface area (Å²) in [6.07, 6.45) is 6.50. The first kappa shape index (κ1) is 15.9. The van der Waals surface area contributed by atoms with E-state index in [4.69, 9.17) is 4.42 Å². The zero-order valence-electron chi connectivity index (χ0n) is 14.2. The van der Waals surface area contributed by atoms with Crippen molar-refractivity contribution >= 4 is 17.0 Å². The van der Waals surface area contributed by atoms with Gasteiger partial charge in [0.2, 0.25) is 0 Å². The molecular weight excluding hydrogens is 312 g/mol. The van der Waals surface area contributed by atoms with Crippen LogP contribution in [0.5, 0.6) is 0 Å². The molecule has 0 atom stereocenters. The van der Waals surface area contributed by atoms with Gasteiger partial charge in [-0.15, -0.1) is 0 Å². The van der Waals surface area contributed by atoms with Gasteiger partial charge in [0.25, 0.3) is 5.91 Å². The highest BCUT2D eigenvalue weighted by Gasteiger charge is 2.17. The first-order valence-electron chi connectivity index (χ1n) is 9.02. The minimum Gasteiger partial charge on any atom is -0.440 e. The van der Waals surface area contributed by atoms with E-state index < -0.39 is 0 Å². The second kappa shape index (κ2) is 7.09.